The number of nitrogens with zero attached hydrogens (tertiary/aromatic N) is 4. The zero-order valence-corrected chi connectivity index (χ0v) is 11.4. The summed E-state index contributed by atoms with van der Waals surface area (Å²) < 4.78 is 7.77. The van der Waals surface area contributed by atoms with Crippen molar-refractivity contribution in [3.63, 3.8) is 0 Å². The van der Waals surface area contributed by atoms with E-state index in [-0.39, 0.29) is 12.4 Å². The van der Waals surface area contributed by atoms with Crippen molar-refractivity contribution >= 4 is 32.9 Å². The lowest BCUT2D eigenvalue weighted by atomic mass is 10.2. The lowest BCUT2D eigenvalue weighted by Crippen LogP contribution is -2.24. The monoisotopic (exact) mass is 329 g/mol. The van der Waals surface area contributed by atoms with Gasteiger partial charge >= 0.3 is 0 Å². The molecule has 4 N–H and O–H groups in total. The Hall–Kier alpha value is -1.29. The van der Waals surface area contributed by atoms with Gasteiger partial charge < -0.3 is 20.7 Å². The molecule has 19 heavy (non-hydrogen) atoms. The van der Waals surface area contributed by atoms with Crippen LogP contribution in [0, 0.1) is 0 Å². The fourth-order valence-electron chi connectivity index (χ4n) is 2.19. The third-order valence-electron chi connectivity index (χ3n) is 3.13. The van der Waals surface area contributed by atoms with Crippen molar-refractivity contribution in [1.82, 2.24) is 19.5 Å². The normalized spacial score (nSPS) is 27.2. The van der Waals surface area contributed by atoms with Crippen LogP contribution in [-0.4, -0.2) is 48.5 Å². The number of aromatic nitrogens is 4. The Morgan fingerprint density at radius 2 is 2.32 bits per heavy atom. The van der Waals surface area contributed by atoms with Crippen LogP contribution in [0.25, 0.3) is 11.2 Å². The molecular formula is C10H12BrN5O3. The number of aliphatic hydroxyl groups is 2. The molecule has 3 rings (SSSR count). The molecule has 0 aromatic carbocycles. The molecule has 8 nitrogen and oxygen atoms in total. The number of aliphatic hydroxyl groups excluding tert-OH is 2. The van der Waals surface area contributed by atoms with E-state index in [2.05, 4.69) is 30.9 Å². The summed E-state index contributed by atoms with van der Waals surface area (Å²) in [7, 11) is 0. The van der Waals surface area contributed by atoms with Crippen LogP contribution < -0.4 is 5.73 Å². The van der Waals surface area contributed by atoms with Crippen molar-refractivity contribution in [2.45, 2.75) is 24.9 Å². The second kappa shape index (κ2) is 4.67. The summed E-state index contributed by atoms with van der Waals surface area (Å²) in [6.07, 6.45) is -0.0935. The number of nitrogens with two attached hydrogens (primary N) is 1. The average Bonchev–Trinajstić information content (AvgIpc) is 2.90. The maximum atomic E-state index is 9.78. The van der Waals surface area contributed by atoms with Crippen LogP contribution in [0.2, 0.25) is 0 Å². The van der Waals surface area contributed by atoms with E-state index < -0.39 is 18.4 Å². The second-order valence-electron chi connectivity index (χ2n) is 4.30. The number of anilines is 1. The molecule has 0 radical (unpaired) electrons. The molecule has 2 aromatic rings. The van der Waals surface area contributed by atoms with Gasteiger partial charge in [0.1, 0.15) is 18.7 Å². The summed E-state index contributed by atoms with van der Waals surface area (Å²) in [6.45, 7) is -0.237. The Balaban J connectivity index is 2.06. The minimum atomic E-state index is -0.724. The van der Waals surface area contributed by atoms with E-state index in [0.717, 1.165) is 0 Å². The maximum Gasteiger partial charge on any atom is 0.181 e. The van der Waals surface area contributed by atoms with Crippen molar-refractivity contribution < 1.29 is 14.9 Å². The minimum Gasteiger partial charge on any atom is -0.394 e. The summed E-state index contributed by atoms with van der Waals surface area (Å²) in [6, 6.07) is 0. The molecule has 0 bridgehead atoms. The Morgan fingerprint density at radius 3 is 3.00 bits per heavy atom. The maximum absolute atomic E-state index is 9.78. The third-order valence-corrected chi connectivity index (χ3v) is 3.69. The zero-order chi connectivity index (χ0) is 13.6. The van der Waals surface area contributed by atoms with E-state index in [9.17, 15) is 5.11 Å². The molecule has 3 heterocycles. The fraction of sp³-hybridized carbons (Fsp3) is 0.500. The van der Waals surface area contributed by atoms with Gasteiger partial charge in [0.05, 0.1) is 12.7 Å². The molecule has 0 spiro atoms. The van der Waals surface area contributed by atoms with E-state index in [1.54, 1.807) is 4.57 Å². The molecule has 9 heteroatoms. The van der Waals surface area contributed by atoms with Crippen molar-refractivity contribution in [2.75, 3.05) is 12.3 Å². The largest absolute Gasteiger partial charge is 0.394 e. The van der Waals surface area contributed by atoms with Crippen LogP contribution in [0.5, 0.6) is 0 Å². The predicted octanol–water partition coefficient (Wildman–Crippen LogP) is -0.188. The van der Waals surface area contributed by atoms with E-state index >= 15 is 0 Å². The van der Waals surface area contributed by atoms with Gasteiger partial charge in [-0.15, -0.1) is 0 Å². The number of halogens is 1. The number of hydrogen-bond acceptors (Lipinski definition) is 7. The summed E-state index contributed by atoms with van der Waals surface area (Å²) in [5, 5.41) is 18.9. The molecule has 1 fully saturated rings. The van der Waals surface area contributed by atoms with Crippen LogP contribution in [0.15, 0.2) is 11.1 Å². The van der Waals surface area contributed by atoms with Gasteiger partial charge in [0.15, 0.2) is 21.7 Å². The molecular weight excluding hydrogens is 318 g/mol. The van der Waals surface area contributed by atoms with Gasteiger partial charge in [-0.2, -0.15) is 0 Å². The Kier molecular flexibility index (Phi) is 3.13. The first-order valence-electron chi connectivity index (χ1n) is 5.70. The van der Waals surface area contributed by atoms with Crippen LogP contribution in [0.3, 0.4) is 0 Å². The summed E-state index contributed by atoms with van der Waals surface area (Å²) in [4.78, 5) is 12.3. The van der Waals surface area contributed by atoms with E-state index in [0.29, 0.717) is 22.3 Å². The van der Waals surface area contributed by atoms with Crippen LogP contribution in [-0.2, 0) is 4.74 Å². The first-order chi connectivity index (χ1) is 9.11. The highest BCUT2D eigenvalue weighted by molar-refractivity contribution is 9.10. The van der Waals surface area contributed by atoms with Crippen LogP contribution in [0.1, 0.15) is 12.6 Å². The van der Waals surface area contributed by atoms with Gasteiger partial charge in [0, 0.05) is 6.42 Å². The number of ether oxygens (including phenoxy) is 1. The molecule has 1 aliphatic rings. The minimum absolute atomic E-state index is 0.237. The van der Waals surface area contributed by atoms with Gasteiger partial charge in [-0.25, -0.2) is 15.0 Å². The van der Waals surface area contributed by atoms with Crippen molar-refractivity contribution in [3.8, 4) is 0 Å². The van der Waals surface area contributed by atoms with E-state index in [1.807, 2.05) is 0 Å². The van der Waals surface area contributed by atoms with Gasteiger partial charge in [0.25, 0.3) is 0 Å². The molecule has 0 aliphatic carbocycles. The zero-order valence-electron chi connectivity index (χ0n) is 9.77. The fourth-order valence-corrected chi connectivity index (χ4v) is 2.77. The molecule has 102 valence electrons. The van der Waals surface area contributed by atoms with Crippen molar-refractivity contribution in [1.29, 1.82) is 0 Å². The highest BCUT2D eigenvalue weighted by atomic mass is 79.9. The number of hydrogen-bond donors (Lipinski definition) is 3. The molecule has 0 saturated carbocycles. The standard InChI is InChI=1S/C10H12BrN5O3/c11-10-15-7-8(12)13-3-14-9(7)16(10)6-1-4(18)5(2-17)19-6/h3-6,17-18H,1-2H2,(H2,12,13,14)/t4-,5-,6+/m0/s1. The Morgan fingerprint density at radius 1 is 1.53 bits per heavy atom. The van der Waals surface area contributed by atoms with Gasteiger partial charge in [-0.3, -0.25) is 4.57 Å². The van der Waals surface area contributed by atoms with Gasteiger partial charge in [0.2, 0.25) is 0 Å². The topological polar surface area (TPSA) is 119 Å². The quantitative estimate of drug-likeness (QED) is 0.653. The second-order valence-corrected chi connectivity index (χ2v) is 5.01. The SMILES string of the molecule is Nc1ncnc2c1nc(Br)n2[C@H]1C[C@H](O)[C@H](CO)O1. The average molecular weight is 330 g/mol. The third kappa shape index (κ3) is 1.98. The molecule has 1 saturated heterocycles. The van der Waals surface area contributed by atoms with Crippen LogP contribution in [0.4, 0.5) is 5.82 Å². The molecule has 0 amide bonds. The van der Waals surface area contributed by atoms with E-state index in [4.69, 9.17) is 15.6 Å². The van der Waals surface area contributed by atoms with Gasteiger partial charge in [-0.1, -0.05) is 0 Å². The highest BCUT2D eigenvalue weighted by Crippen LogP contribution is 2.34. The summed E-state index contributed by atoms with van der Waals surface area (Å²) in [5.41, 5.74) is 6.74. The Labute approximate surface area is 116 Å². The summed E-state index contributed by atoms with van der Waals surface area (Å²) in [5.74, 6) is 0.279. The smallest absolute Gasteiger partial charge is 0.181 e. The molecule has 3 atom stereocenters. The number of imidazole rings is 1. The van der Waals surface area contributed by atoms with Crippen molar-refractivity contribution in [3.05, 3.63) is 11.1 Å². The Bertz CT molecular complexity index is 618. The number of fused-ring (bicyclic) bond motifs is 1. The highest BCUT2D eigenvalue weighted by Gasteiger charge is 2.36. The molecule has 2 aromatic heterocycles. The lowest BCUT2D eigenvalue weighted by Gasteiger charge is -2.14. The van der Waals surface area contributed by atoms with E-state index in [1.165, 1.54) is 6.33 Å². The van der Waals surface area contributed by atoms with Gasteiger partial charge in [-0.05, 0) is 15.9 Å². The van der Waals surface area contributed by atoms with Crippen LogP contribution >= 0.6 is 15.9 Å². The first kappa shape index (κ1) is 12.7. The first-order valence-corrected chi connectivity index (χ1v) is 6.49. The summed E-state index contributed by atoms with van der Waals surface area (Å²) >= 11 is 3.32. The molecule has 0 unspecified atom stereocenters. The number of nitrogen functional groups attached to an aromatic ring is 1. The molecule has 1 aliphatic heterocycles. The lowest BCUT2D eigenvalue weighted by molar-refractivity contribution is -0.0439. The van der Waals surface area contributed by atoms with Crippen molar-refractivity contribution in [2.24, 2.45) is 0 Å². The number of rotatable bonds is 2. The predicted molar refractivity (Wildman–Crippen MR) is 69.1 cm³/mol.